The van der Waals surface area contributed by atoms with E-state index in [0.717, 1.165) is 40.4 Å². The van der Waals surface area contributed by atoms with Crippen LogP contribution in [0.5, 0.6) is 0 Å². The Morgan fingerprint density at radius 2 is 2.11 bits per heavy atom. The summed E-state index contributed by atoms with van der Waals surface area (Å²) < 4.78 is 3.19. The van der Waals surface area contributed by atoms with Crippen LogP contribution < -0.4 is 0 Å². The lowest BCUT2D eigenvalue weighted by molar-refractivity contribution is 0.670. The summed E-state index contributed by atoms with van der Waals surface area (Å²) in [4.78, 5) is 4.45. The van der Waals surface area contributed by atoms with Crippen molar-refractivity contribution in [2.45, 2.75) is 32.7 Å². The monoisotopic (exact) mass is 326 g/mol. The van der Waals surface area contributed by atoms with Crippen LogP contribution in [0.4, 0.5) is 0 Å². The zero-order chi connectivity index (χ0) is 13.0. The highest BCUT2D eigenvalue weighted by Gasteiger charge is 2.09. The van der Waals surface area contributed by atoms with Gasteiger partial charge >= 0.3 is 0 Å². The Labute approximate surface area is 121 Å². The van der Waals surface area contributed by atoms with Crippen molar-refractivity contribution in [3.63, 3.8) is 0 Å². The van der Waals surface area contributed by atoms with E-state index in [1.54, 1.807) is 0 Å². The molecule has 0 radical (unpaired) electrons. The highest BCUT2D eigenvalue weighted by molar-refractivity contribution is 9.10. The van der Waals surface area contributed by atoms with Gasteiger partial charge in [0.2, 0.25) is 0 Å². The molecule has 18 heavy (non-hydrogen) atoms. The molecule has 1 aromatic heterocycles. The highest BCUT2D eigenvalue weighted by atomic mass is 79.9. The van der Waals surface area contributed by atoms with Gasteiger partial charge in [0.25, 0.3) is 0 Å². The summed E-state index contributed by atoms with van der Waals surface area (Å²) >= 11 is 9.75. The highest BCUT2D eigenvalue weighted by Crippen LogP contribution is 2.21. The smallest absolute Gasteiger partial charge is 0.109 e. The van der Waals surface area contributed by atoms with E-state index in [4.69, 9.17) is 11.6 Å². The maximum atomic E-state index is 6.20. The van der Waals surface area contributed by atoms with E-state index in [-0.39, 0.29) is 0 Å². The first-order valence-electron chi connectivity index (χ1n) is 6.15. The van der Waals surface area contributed by atoms with Gasteiger partial charge in [0.15, 0.2) is 0 Å². The minimum atomic E-state index is 0.763. The molecule has 4 heteroatoms. The number of rotatable bonds is 5. The number of hydrogen-bond acceptors (Lipinski definition) is 1. The van der Waals surface area contributed by atoms with Crippen molar-refractivity contribution in [3.05, 3.63) is 51.5 Å². The van der Waals surface area contributed by atoms with Crippen molar-refractivity contribution in [3.8, 4) is 0 Å². The molecule has 1 aromatic carbocycles. The Morgan fingerprint density at radius 3 is 2.83 bits per heavy atom. The number of nitrogens with zero attached hydrogens (tertiary/aromatic N) is 2. The first kappa shape index (κ1) is 13.6. The van der Waals surface area contributed by atoms with Crippen LogP contribution in [-0.2, 0) is 13.0 Å². The summed E-state index contributed by atoms with van der Waals surface area (Å²) in [5.41, 5.74) is 1.12. The second-order valence-electron chi connectivity index (χ2n) is 4.28. The summed E-state index contributed by atoms with van der Waals surface area (Å²) in [5, 5.41) is 0.805. The Kier molecular flexibility index (Phi) is 4.84. The van der Waals surface area contributed by atoms with Crippen molar-refractivity contribution >= 4 is 27.5 Å². The van der Waals surface area contributed by atoms with E-state index < -0.39 is 0 Å². The van der Waals surface area contributed by atoms with Gasteiger partial charge in [0.05, 0.1) is 12.7 Å². The lowest BCUT2D eigenvalue weighted by Gasteiger charge is -2.10. The number of halogens is 2. The van der Waals surface area contributed by atoms with Gasteiger partial charge in [0, 0.05) is 11.4 Å². The SMILES string of the molecule is CCCCc1ncc(Br)n1Cc1ccccc1Cl. The van der Waals surface area contributed by atoms with E-state index >= 15 is 0 Å². The average Bonchev–Trinajstić information content (AvgIpc) is 2.71. The summed E-state index contributed by atoms with van der Waals surface area (Å²) in [5.74, 6) is 1.11. The van der Waals surface area contributed by atoms with Crippen LogP contribution in [-0.4, -0.2) is 9.55 Å². The van der Waals surface area contributed by atoms with Crippen LogP contribution in [0, 0.1) is 0 Å². The zero-order valence-electron chi connectivity index (χ0n) is 10.4. The predicted octanol–water partition coefficient (Wildman–Crippen LogP) is 4.69. The lowest BCUT2D eigenvalue weighted by Crippen LogP contribution is -2.06. The number of benzene rings is 1. The normalized spacial score (nSPS) is 10.8. The van der Waals surface area contributed by atoms with E-state index in [0.29, 0.717) is 0 Å². The maximum Gasteiger partial charge on any atom is 0.109 e. The topological polar surface area (TPSA) is 17.8 Å². The van der Waals surface area contributed by atoms with Crippen LogP contribution >= 0.6 is 27.5 Å². The summed E-state index contributed by atoms with van der Waals surface area (Å²) in [6.45, 7) is 2.95. The second kappa shape index (κ2) is 6.39. The minimum Gasteiger partial charge on any atom is -0.318 e. The molecule has 0 fully saturated rings. The third kappa shape index (κ3) is 3.15. The molecule has 0 spiro atoms. The molecule has 0 aliphatic heterocycles. The Bertz CT molecular complexity index is 522. The van der Waals surface area contributed by atoms with Crippen molar-refractivity contribution in [2.75, 3.05) is 0 Å². The van der Waals surface area contributed by atoms with E-state index in [9.17, 15) is 0 Å². The maximum absolute atomic E-state index is 6.20. The van der Waals surface area contributed by atoms with Crippen LogP contribution in [0.15, 0.2) is 35.1 Å². The minimum absolute atomic E-state index is 0.763. The van der Waals surface area contributed by atoms with Gasteiger partial charge in [-0.2, -0.15) is 0 Å². The molecule has 0 saturated heterocycles. The number of unbranched alkanes of at least 4 members (excludes halogenated alkanes) is 1. The van der Waals surface area contributed by atoms with E-state index in [1.165, 1.54) is 6.42 Å². The quantitative estimate of drug-likeness (QED) is 0.779. The molecule has 0 aliphatic carbocycles. The summed E-state index contributed by atoms with van der Waals surface area (Å²) in [6, 6.07) is 7.94. The predicted molar refractivity (Wildman–Crippen MR) is 79.1 cm³/mol. The van der Waals surface area contributed by atoms with Crippen molar-refractivity contribution in [1.29, 1.82) is 0 Å². The van der Waals surface area contributed by atoms with Crippen LogP contribution in [0.2, 0.25) is 5.02 Å². The summed E-state index contributed by atoms with van der Waals surface area (Å²) in [7, 11) is 0. The molecule has 0 amide bonds. The van der Waals surface area contributed by atoms with E-state index in [2.05, 4.69) is 38.5 Å². The zero-order valence-corrected chi connectivity index (χ0v) is 12.7. The molecular formula is C14H16BrClN2. The molecule has 0 N–H and O–H groups in total. The summed E-state index contributed by atoms with van der Waals surface area (Å²) in [6.07, 6.45) is 5.21. The molecular weight excluding hydrogens is 312 g/mol. The van der Waals surface area contributed by atoms with Gasteiger partial charge in [0.1, 0.15) is 10.4 Å². The molecule has 0 saturated carbocycles. The van der Waals surface area contributed by atoms with E-state index in [1.807, 2.05) is 24.4 Å². The Balaban J connectivity index is 2.23. The Hall–Kier alpha value is -0.800. The Morgan fingerprint density at radius 1 is 1.33 bits per heavy atom. The molecule has 96 valence electrons. The molecule has 0 atom stereocenters. The molecule has 0 bridgehead atoms. The van der Waals surface area contributed by atoms with Gasteiger partial charge in [-0.1, -0.05) is 43.1 Å². The lowest BCUT2D eigenvalue weighted by atomic mass is 10.2. The van der Waals surface area contributed by atoms with Gasteiger partial charge in [-0.15, -0.1) is 0 Å². The second-order valence-corrected chi connectivity index (χ2v) is 5.50. The van der Waals surface area contributed by atoms with Gasteiger partial charge in [-0.3, -0.25) is 0 Å². The first-order chi connectivity index (χ1) is 8.72. The van der Waals surface area contributed by atoms with Crippen LogP contribution in [0.3, 0.4) is 0 Å². The van der Waals surface area contributed by atoms with Crippen molar-refractivity contribution in [1.82, 2.24) is 9.55 Å². The van der Waals surface area contributed by atoms with Gasteiger partial charge in [-0.25, -0.2) is 4.98 Å². The fourth-order valence-electron chi connectivity index (χ4n) is 1.89. The fourth-order valence-corrected chi connectivity index (χ4v) is 2.52. The molecule has 2 rings (SSSR count). The van der Waals surface area contributed by atoms with Crippen LogP contribution in [0.25, 0.3) is 0 Å². The number of hydrogen-bond donors (Lipinski definition) is 0. The molecule has 2 aromatic rings. The largest absolute Gasteiger partial charge is 0.318 e. The number of imidazole rings is 1. The molecule has 0 aliphatic rings. The first-order valence-corrected chi connectivity index (χ1v) is 7.32. The average molecular weight is 328 g/mol. The fraction of sp³-hybridized carbons (Fsp3) is 0.357. The van der Waals surface area contributed by atoms with Crippen molar-refractivity contribution in [2.24, 2.45) is 0 Å². The number of aryl methyl sites for hydroxylation is 1. The number of aromatic nitrogens is 2. The third-order valence-electron chi connectivity index (χ3n) is 2.93. The van der Waals surface area contributed by atoms with Gasteiger partial charge in [-0.05, 0) is 34.0 Å². The molecule has 1 heterocycles. The van der Waals surface area contributed by atoms with Crippen LogP contribution in [0.1, 0.15) is 31.2 Å². The third-order valence-corrected chi connectivity index (χ3v) is 3.93. The standard InChI is InChI=1S/C14H16BrClN2/c1-2-3-8-14-17-9-13(15)18(14)10-11-6-4-5-7-12(11)16/h4-7,9H,2-3,8,10H2,1H3. The molecule has 0 unspecified atom stereocenters. The van der Waals surface area contributed by atoms with Gasteiger partial charge < -0.3 is 4.57 Å². The molecule has 2 nitrogen and oxygen atoms in total. The van der Waals surface area contributed by atoms with Crippen molar-refractivity contribution < 1.29 is 0 Å².